The molecule has 1 aliphatic heterocycles. The number of aliphatic hydroxyl groups is 2. The lowest BCUT2D eigenvalue weighted by Gasteiger charge is -2.42. The summed E-state index contributed by atoms with van der Waals surface area (Å²) in [6.45, 7) is 1.05. The number of hydrogen-bond donors (Lipinski definition) is 2. The van der Waals surface area contributed by atoms with Gasteiger partial charge in [-0.3, -0.25) is 4.79 Å². The predicted octanol–water partition coefficient (Wildman–Crippen LogP) is 0.228. The first-order chi connectivity index (χ1) is 11.1. The van der Waals surface area contributed by atoms with Crippen LogP contribution in [0.15, 0.2) is 30.3 Å². The van der Waals surface area contributed by atoms with Gasteiger partial charge in [0.2, 0.25) is 0 Å². The van der Waals surface area contributed by atoms with Gasteiger partial charge in [0.25, 0.3) is 0 Å². The first kappa shape index (κ1) is 17.8. The first-order valence-electron chi connectivity index (χ1n) is 7.36. The van der Waals surface area contributed by atoms with Crippen molar-refractivity contribution < 1.29 is 34.0 Å². The van der Waals surface area contributed by atoms with E-state index in [1.807, 2.05) is 30.3 Å². The van der Waals surface area contributed by atoms with Gasteiger partial charge in [0, 0.05) is 14.0 Å². The highest BCUT2D eigenvalue weighted by Crippen LogP contribution is 2.27. The van der Waals surface area contributed by atoms with E-state index in [1.54, 1.807) is 0 Å². The molecule has 1 saturated heterocycles. The molecule has 1 heterocycles. The molecule has 23 heavy (non-hydrogen) atoms. The van der Waals surface area contributed by atoms with Crippen LogP contribution < -0.4 is 0 Å². The Labute approximate surface area is 134 Å². The molecule has 128 valence electrons. The second kappa shape index (κ2) is 8.37. The van der Waals surface area contributed by atoms with Crippen LogP contribution in [0.25, 0.3) is 0 Å². The third-order valence-corrected chi connectivity index (χ3v) is 3.62. The van der Waals surface area contributed by atoms with Gasteiger partial charge in [0.15, 0.2) is 12.4 Å². The molecule has 0 radical (unpaired) electrons. The maximum atomic E-state index is 11.3. The van der Waals surface area contributed by atoms with Crippen LogP contribution in [-0.2, 0) is 30.3 Å². The Morgan fingerprint density at radius 2 is 1.96 bits per heavy atom. The molecule has 0 spiro atoms. The maximum Gasteiger partial charge on any atom is 0.303 e. The highest BCUT2D eigenvalue weighted by atomic mass is 16.7. The predicted molar refractivity (Wildman–Crippen MR) is 79.3 cm³/mol. The van der Waals surface area contributed by atoms with Crippen molar-refractivity contribution in [3.63, 3.8) is 0 Å². The van der Waals surface area contributed by atoms with Gasteiger partial charge >= 0.3 is 5.97 Å². The maximum absolute atomic E-state index is 11.3. The minimum Gasteiger partial charge on any atom is -0.457 e. The minimum absolute atomic E-state index is 0.239. The van der Waals surface area contributed by atoms with Gasteiger partial charge < -0.3 is 29.2 Å². The van der Waals surface area contributed by atoms with E-state index in [-0.39, 0.29) is 6.61 Å². The molecule has 1 aliphatic rings. The third kappa shape index (κ3) is 4.49. The molecule has 1 fully saturated rings. The summed E-state index contributed by atoms with van der Waals surface area (Å²) in [6, 6.07) is 9.43. The summed E-state index contributed by atoms with van der Waals surface area (Å²) >= 11 is 0. The van der Waals surface area contributed by atoms with Gasteiger partial charge in [-0.2, -0.15) is 0 Å². The molecular formula is C16H22O7. The number of benzene rings is 1. The van der Waals surface area contributed by atoms with Crippen molar-refractivity contribution in [1.29, 1.82) is 0 Å². The van der Waals surface area contributed by atoms with Crippen molar-refractivity contribution in [3.05, 3.63) is 35.9 Å². The molecule has 0 unspecified atom stereocenters. The van der Waals surface area contributed by atoms with Gasteiger partial charge in [-0.05, 0) is 5.56 Å². The van der Waals surface area contributed by atoms with Crippen LogP contribution in [0.5, 0.6) is 0 Å². The number of ether oxygens (including phenoxy) is 4. The fraction of sp³-hybridized carbons (Fsp3) is 0.562. The zero-order valence-corrected chi connectivity index (χ0v) is 13.1. The van der Waals surface area contributed by atoms with Crippen molar-refractivity contribution in [2.45, 2.75) is 44.2 Å². The van der Waals surface area contributed by atoms with E-state index in [0.29, 0.717) is 0 Å². The van der Waals surface area contributed by atoms with Gasteiger partial charge in [-0.1, -0.05) is 30.3 Å². The molecule has 0 saturated carbocycles. The highest BCUT2D eigenvalue weighted by molar-refractivity contribution is 5.66. The molecule has 5 atom stereocenters. The molecule has 2 N–H and O–H groups in total. The summed E-state index contributed by atoms with van der Waals surface area (Å²) < 4.78 is 21.7. The van der Waals surface area contributed by atoms with Crippen LogP contribution in [0.3, 0.4) is 0 Å². The van der Waals surface area contributed by atoms with Crippen LogP contribution >= 0.6 is 0 Å². The van der Waals surface area contributed by atoms with Crippen LogP contribution in [0.2, 0.25) is 0 Å². The Kier molecular flexibility index (Phi) is 6.49. The number of hydrogen-bond acceptors (Lipinski definition) is 7. The molecular weight excluding hydrogens is 304 g/mol. The van der Waals surface area contributed by atoms with E-state index >= 15 is 0 Å². The summed E-state index contributed by atoms with van der Waals surface area (Å²) in [5.74, 6) is -0.559. The number of esters is 1. The molecule has 1 aromatic rings. The Morgan fingerprint density at radius 3 is 2.52 bits per heavy atom. The minimum atomic E-state index is -1.21. The second-order valence-corrected chi connectivity index (χ2v) is 5.29. The van der Waals surface area contributed by atoms with Crippen LogP contribution in [-0.4, -0.2) is 60.6 Å². The Hall–Kier alpha value is -1.51. The van der Waals surface area contributed by atoms with Gasteiger partial charge in [0.05, 0.1) is 13.2 Å². The monoisotopic (exact) mass is 326 g/mol. The molecule has 0 bridgehead atoms. The van der Waals surface area contributed by atoms with Crippen LogP contribution in [0.4, 0.5) is 0 Å². The fourth-order valence-electron chi connectivity index (χ4n) is 2.50. The summed E-state index contributed by atoms with van der Waals surface area (Å²) in [7, 11) is 1.42. The van der Waals surface area contributed by atoms with Crippen LogP contribution in [0.1, 0.15) is 12.5 Å². The standard InChI is InChI=1S/C16H22O7/c1-10(18)22-14-13(19)12(8-17)23-16(20-2)15(14)21-9-11-6-4-3-5-7-11/h3-7,12-17,19H,8-9H2,1-2H3/t12-,13-,14+,15-,16-/m1/s1. The molecule has 0 aromatic heterocycles. The molecule has 1 aromatic carbocycles. The van der Waals surface area contributed by atoms with Crippen molar-refractivity contribution in [2.75, 3.05) is 13.7 Å². The number of carbonyl (C=O) groups is 1. The lowest BCUT2D eigenvalue weighted by Crippen LogP contribution is -2.61. The lowest BCUT2D eigenvalue weighted by atomic mass is 9.98. The van der Waals surface area contributed by atoms with Crippen molar-refractivity contribution in [3.8, 4) is 0 Å². The second-order valence-electron chi connectivity index (χ2n) is 5.29. The molecule has 0 amide bonds. The number of carbonyl (C=O) groups excluding carboxylic acids is 1. The van der Waals surface area contributed by atoms with Crippen molar-refractivity contribution in [1.82, 2.24) is 0 Å². The van der Waals surface area contributed by atoms with E-state index in [9.17, 15) is 15.0 Å². The largest absolute Gasteiger partial charge is 0.457 e. The van der Waals surface area contributed by atoms with Gasteiger partial charge in [-0.15, -0.1) is 0 Å². The third-order valence-electron chi connectivity index (χ3n) is 3.62. The SMILES string of the molecule is CO[C@@H]1O[C@H](CO)[C@@H](O)[C@H](OC(C)=O)[C@H]1OCc1ccccc1. The van der Waals surface area contributed by atoms with Gasteiger partial charge in [-0.25, -0.2) is 0 Å². The molecule has 0 aliphatic carbocycles. The fourth-order valence-corrected chi connectivity index (χ4v) is 2.50. The molecule has 7 nitrogen and oxygen atoms in total. The quantitative estimate of drug-likeness (QED) is 0.723. The van der Waals surface area contributed by atoms with E-state index in [2.05, 4.69) is 0 Å². The Bertz CT molecular complexity index is 492. The summed E-state index contributed by atoms with van der Waals surface area (Å²) in [5, 5.41) is 19.6. The Balaban J connectivity index is 2.14. The summed E-state index contributed by atoms with van der Waals surface area (Å²) in [4.78, 5) is 11.3. The number of rotatable bonds is 6. The van der Waals surface area contributed by atoms with E-state index in [0.717, 1.165) is 5.56 Å². The van der Waals surface area contributed by atoms with Crippen molar-refractivity contribution in [2.24, 2.45) is 0 Å². The zero-order chi connectivity index (χ0) is 16.8. The van der Waals surface area contributed by atoms with Gasteiger partial charge in [0.1, 0.15) is 18.3 Å². The normalized spacial score (nSPS) is 30.9. The first-order valence-corrected chi connectivity index (χ1v) is 7.36. The highest BCUT2D eigenvalue weighted by Gasteiger charge is 2.48. The molecule has 7 heteroatoms. The zero-order valence-electron chi connectivity index (χ0n) is 13.1. The molecule has 2 rings (SSSR count). The van der Waals surface area contributed by atoms with E-state index in [4.69, 9.17) is 18.9 Å². The van der Waals surface area contributed by atoms with Crippen LogP contribution in [0, 0.1) is 0 Å². The lowest BCUT2D eigenvalue weighted by molar-refractivity contribution is -0.307. The van der Waals surface area contributed by atoms with Crippen molar-refractivity contribution >= 4 is 5.97 Å². The average molecular weight is 326 g/mol. The van der Waals surface area contributed by atoms with E-state index < -0.39 is 43.3 Å². The summed E-state index contributed by atoms with van der Waals surface area (Å²) in [5.41, 5.74) is 0.919. The number of methoxy groups -OCH3 is 1. The number of aliphatic hydroxyl groups excluding tert-OH is 2. The Morgan fingerprint density at radius 1 is 1.26 bits per heavy atom. The average Bonchev–Trinajstić information content (AvgIpc) is 2.56. The van der Waals surface area contributed by atoms with E-state index in [1.165, 1.54) is 14.0 Å². The smallest absolute Gasteiger partial charge is 0.303 e. The topological polar surface area (TPSA) is 94.5 Å². The summed E-state index contributed by atoms with van der Waals surface area (Å²) in [6.07, 6.45) is -4.81.